The van der Waals surface area contributed by atoms with E-state index in [9.17, 15) is 8.76 Å². The first-order valence-electron chi connectivity index (χ1n) is 10.2. The average molecular weight is 435 g/mol. The van der Waals surface area contributed by atoms with Gasteiger partial charge in [0.1, 0.15) is 11.6 Å². The van der Waals surface area contributed by atoms with E-state index in [-0.39, 0.29) is 11.8 Å². The van der Waals surface area contributed by atoms with Crippen LogP contribution in [-0.4, -0.2) is 68.7 Å². The lowest BCUT2D eigenvalue weighted by atomic mass is 9.76. The largest absolute Gasteiger partial charge is 0.772 e. The van der Waals surface area contributed by atoms with Crippen LogP contribution in [0.15, 0.2) is 18.2 Å². The molecule has 2 fully saturated rings. The van der Waals surface area contributed by atoms with Gasteiger partial charge in [-0.3, -0.25) is 9.31 Å². The number of aromatic amines is 1. The van der Waals surface area contributed by atoms with Crippen LogP contribution in [0, 0.1) is 6.92 Å². The van der Waals surface area contributed by atoms with E-state index in [0.29, 0.717) is 50.9 Å². The number of hydrogen-bond acceptors (Lipinski definition) is 8. The van der Waals surface area contributed by atoms with Gasteiger partial charge < -0.3 is 24.2 Å². The van der Waals surface area contributed by atoms with Crippen molar-refractivity contribution >= 4 is 28.5 Å². The lowest BCUT2D eigenvalue weighted by Crippen LogP contribution is -2.44. The van der Waals surface area contributed by atoms with Gasteiger partial charge in [0.25, 0.3) is 0 Å². The van der Waals surface area contributed by atoms with Crippen LogP contribution < -0.4 is 10.2 Å². The fraction of sp³-hybridized carbons (Fsp3) is 0.600. The van der Waals surface area contributed by atoms with Crippen molar-refractivity contribution in [3.05, 3.63) is 29.5 Å². The number of aromatic nitrogens is 3. The SMILES string of the molecule is Cc1cc(Nc2cc(C3(CS(=O)[O-])CCOCC3)cc(N3CCOC[C@H]3C)n2)n[nH]1. The van der Waals surface area contributed by atoms with Crippen molar-refractivity contribution in [1.29, 1.82) is 0 Å². The number of nitrogens with one attached hydrogen (secondary N) is 2. The minimum Gasteiger partial charge on any atom is -0.772 e. The number of H-pyrrole nitrogens is 1. The van der Waals surface area contributed by atoms with Gasteiger partial charge in [-0.1, -0.05) is 11.1 Å². The Bertz CT molecular complexity index is 899. The molecule has 4 rings (SSSR count). The Balaban J connectivity index is 1.76. The molecule has 2 aromatic heterocycles. The Morgan fingerprint density at radius 2 is 2.07 bits per heavy atom. The zero-order valence-electron chi connectivity index (χ0n) is 17.3. The van der Waals surface area contributed by atoms with E-state index in [1.807, 2.05) is 25.1 Å². The van der Waals surface area contributed by atoms with Gasteiger partial charge in [0.15, 0.2) is 5.82 Å². The molecule has 2 saturated heterocycles. The first-order chi connectivity index (χ1) is 14.4. The van der Waals surface area contributed by atoms with Gasteiger partial charge in [-0.15, -0.1) is 0 Å². The van der Waals surface area contributed by atoms with Crippen LogP contribution in [0.4, 0.5) is 17.5 Å². The van der Waals surface area contributed by atoms with Crippen molar-refractivity contribution in [3.63, 3.8) is 0 Å². The van der Waals surface area contributed by atoms with Crippen LogP contribution in [0.5, 0.6) is 0 Å². The van der Waals surface area contributed by atoms with Crippen molar-refractivity contribution in [3.8, 4) is 0 Å². The van der Waals surface area contributed by atoms with Crippen molar-refractivity contribution in [2.45, 2.75) is 38.1 Å². The van der Waals surface area contributed by atoms with E-state index >= 15 is 0 Å². The van der Waals surface area contributed by atoms with Gasteiger partial charge in [0.05, 0.1) is 19.3 Å². The summed E-state index contributed by atoms with van der Waals surface area (Å²) in [6, 6.07) is 6.08. The third-order valence-electron chi connectivity index (χ3n) is 5.89. The molecule has 0 spiro atoms. The Morgan fingerprint density at radius 1 is 1.27 bits per heavy atom. The summed E-state index contributed by atoms with van der Waals surface area (Å²) >= 11 is -2.16. The van der Waals surface area contributed by atoms with Crippen molar-refractivity contribution < 1.29 is 18.2 Å². The van der Waals surface area contributed by atoms with E-state index < -0.39 is 16.5 Å². The molecule has 1 unspecified atom stereocenters. The average Bonchev–Trinajstić information content (AvgIpc) is 3.13. The summed E-state index contributed by atoms with van der Waals surface area (Å²) in [4.78, 5) is 7.05. The molecule has 30 heavy (non-hydrogen) atoms. The van der Waals surface area contributed by atoms with E-state index in [1.54, 1.807) is 0 Å². The standard InChI is InChI=1S/C20H29N5O4S/c1-14-9-18(24-23-14)21-17-10-16(20(13-30(26)27)3-6-28-7-4-20)11-19(22-17)25-5-8-29-12-15(25)2/h9-11,15H,3-8,12-13H2,1-2H3,(H,26,27)(H2,21,22,23,24)/p-1/t15-/m1/s1. The number of nitrogens with zero attached hydrogens (tertiary/aromatic N) is 3. The van der Waals surface area contributed by atoms with Gasteiger partial charge in [0, 0.05) is 42.7 Å². The summed E-state index contributed by atoms with van der Waals surface area (Å²) in [7, 11) is 0. The molecule has 2 N–H and O–H groups in total. The molecule has 0 bridgehead atoms. The zero-order valence-corrected chi connectivity index (χ0v) is 18.2. The number of hydrogen-bond donors (Lipinski definition) is 2. The lowest BCUT2D eigenvalue weighted by molar-refractivity contribution is 0.0573. The summed E-state index contributed by atoms with van der Waals surface area (Å²) in [6.45, 7) is 7.15. The fourth-order valence-corrected chi connectivity index (χ4v) is 5.12. The molecule has 164 valence electrons. The van der Waals surface area contributed by atoms with Crippen LogP contribution in [0.1, 0.15) is 31.0 Å². The lowest BCUT2D eigenvalue weighted by Gasteiger charge is -2.40. The molecular weight excluding hydrogens is 406 g/mol. The molecule has 0 aromatic carbocycles. The predicted octanol–water partition coefficient (Wildman–Crippen LogP) is 2.01. The summed E-state index contributed by atoms with van der Waals surface area (Å²) < 4.78 is 34.6. The van der Waals surface area contributed by atoms with Crippen LogP contribution in [0.25, 0.3) is 0 Å². The molecule has 0 saturated carbocycles. The fourth-order valence-electron chi connectivity index (χ4n) is 4.22. The van der Waals surface area contributed by atoms with E-state index in [1.165, 1.54) is 0 Å². The quantitative estimate of drug-likeness (QED) is 0.664. The zero-order chi connectivity index (χ0) is 21.1. The van der Waals surface area contributed by atoms with Crippen LogP contribution >= 0.6 is 0 Å². The summed E-state index contributed by atoms with van der Waals surface area (Å²) in [5.74, 6) is 2.21. The molecule has 4 heterocycles. The number of anilines is 3. The van der Waals surface area contributed by atoms with Crippen LogP contribution in [0.3, 0.4) is 0 Å². The summed E-state index contributed by atoms with van der Waals surface area (Å²) in [5.41, 5.74) is 1.42. The number of rotatable bonds is 6. The smallest absolute Gasteiger partial charge is 0.153 e. The highest BCUT2D eigenvalue weighted by Gasteiger charge is 2.36. The third kappa shape index (κ3) is 4.66. The highest BCUT2D eigenvalue weighted by Crippen LogP contribution is 2.38. The number of morpholine rings is 1. The monoisotopic (exact) mass is 434 g/mol. The number of pyridine rings is 1. The maximum Gasteiger partial charge on any atom is 0.153 e. The molecule has 0 amide bonds. The van der Waals surface area contributed by atoms with Gasteiger partial charge in [-0.2, -0.15) is 5.10 Å². The molecule has 2 aliphatic rings. The van der Waals surface area contributed by atoms with Gasteiger partial charge in [-0.25, -0.2) is 4.98 Å². The molecule has 10 heteroatoms. The van der Waals surface area contributed by atoms with Gasteiger partial charge >= 0.3 is 0 Å². The van der Waals surface area contributed by atoms with Gasteiger partial charge in [-0.05, 0) is 44.4 Å². The maximum atomic E-state index is 11.8. The minimum atomic E-state index is -2.16. The molecule has 0 radical (unpaired) electrons. The van der Waals surface area contributed by atoms with Crippen molar-refractivity contribution in [2.75, 3.05) is 48.9 Å². The third-order valence-corrected chi connectivity index (χ3v) is 6.68. The topological polar surface area (TPSA) is 115 Å². The second-order valence-corrected chi connectivity index (χ2v) is 9.01. The van der Waals surface area contributed by atoms with Crippen molar-refractivity contribution in [1.82, 2.24) is 15.2 Å². The Morgan fingerprint density at radius 3 is 2.73 bits per heavy atom. The van der Waals surface area contributed by atoms with E-state index in [0.717, 1.165) is 23.6 Å². The Hall–Kier alpha value is -2.01. The first kappa shape index (κ1) is 21.2. The maximum absolute atomic E-state index is 11.8. The summed E-state index contributed by atoms with van der Waals surface area (Å²) in [6.07, 6.45) is 1.31. The second kappa shape index (κ2) is 9.01. The van der Waals surface area contributed by atoms with Crippen molar-refractivity contribution in [2.24, 2.45) is 0 Å². The van der Waals surface area contributed by atoms with Crippen LogP contribution in [0.2, 0.25) is 0 Å². The minimum absolute atomic E-state index is 0.0689. The molecule has 2 aromatic rings. The normalized spacial score (nSPS) is 22.6. The summed E-state index contributed by atoms with van der Waals surface area (Å²) in [5, 5.41) is 10.4. The highest BCUT2D eigenvalue weighted by atomic mass is 32.2. The Labute approximate surface area is 178 Å². The van der Waals surface area contributed by atoms with Crippen LogP contribution in [-0.2, 0) is 26.0 Å². The molecule has 2 aliphatic heterocycles. The number of aryl methyl sites for hydroxylation is 1. The predicted molar refractivity (Wildman–Crippen MR) is 114 cm³/mol. The van der Waals surface area contributed by atoms with Gasteiger partial charge in [0.2, 0.25) is 0 Å². The second-order valence-electron chi connectivity index (χ2n) is 8.12. The highest BCUT2D eigenvalue weighted by molar-refractivity contribution is 7.79. The van der Waals surface area contributed by atoms with E-state index in [4.69, 9.17) is 14.5 Å². The molecular formula is C20H28N5O4S-. The first-order valence-corrected chi connectivity index (χ1v) is 11.5. The Kier molecular flexibility index (Phi) is 6.37. The molecule has 2 atom stereocenters. The molecule has 9 nitrogen and oxygen atoms in total. The van der Waals surface area contributed by atoms with E-state index in [2.05, 4.69) is 27.3 Å². The molecule has 0 aliphatic carbocycles. The number of ether oxygens (including phenoxy) is 2.